The van der Waals surface area contributed by atoms with Crippen LogP contribution >= 0.6 is 0 Å². The Morgan fingerprint density at radius 3 is 2.43 bits per heavy atom. The lowest BCUT2D eigenvalue weighted by molar-refractivity contribution is -0.138. The molecule has 3 heteroatoms. The van der Waals surface area contributed by atoms with Crippen molar-refractivity contribution in [2.75, 3.05) is 13.1 Å². The van der Waals surface area contributed by atoms with Crippen molar-refractivity contribution in [1.82, 2.24) is 4.90 Å². The Hall–Kier alpha value is -0.860. The third kappa shape index (κ3) is 1.97. The summed E-state index contributed by atoms with van der Waals surface area (Å²) in [6, 6.07) is 0. The molecule has 0 radical (unpaired) electrons. The maximum Gasteiger partial charge on any atom is 0.225 e. The summed E-state index contributed by atoms with van der Waals surface area (Å²) >= 11 is 0. The molecule has 0 aromatic carbocycles. The molecule has 1 saturated carbocycles. The average molecular weight is 195 g/mol. The lowest BCUT2D eigenvalue weighted by Gasteiger charge is -2.28. The molecule has 1 saturated heterocycles. The van der Waals surface area contributed by atoms with Crippen LogP contribution in [-0.4, -0.2) is 29.7 Å². The van der Waals surface area contributed by atoms with Gasteiger partial charge in [-0.05, 0) is 18.8 Å². The lowest BCUT2D eigenvalue weighted by Crippen LogP contribution is -2.41. The van der Waals surface area contributed by atoms with E-state index in [1.54, 1.807) is 0 Å². The zero-order valence-corrected chi connectivity index (χ0v) is 8.66. The Morgan fingerprint density at radius 2 is 1.93 bits per heavy atom. The van der Waals surface area contributed by atoms with Crippen molar-refractivity contribution in [1.29, 1.82) is 0 Å². The Kier molecular flexibility index (Phi) is 2.57. The first-order valence-electron chi connectivity index (χ1n) is 5.49. The third-order valence-electron chi connectivity index (χ3n) is 3.35. The molecule has 0 aromatic heterocycles. The number of ketones is 1. The number of Topliss-reactive ketones (excluding diaryl/α,β-unsaturated/α-hetero) is 1. The summed E-state index contributed by atoms with van der Waals surface area (Å²) in [5.41, 5.74) is 0. The first-order chi connectivity index (χ1) is 6.68. The fraction of sp³-hybridized carbons (Fsp3) is 0.818. The second-order valence-corrected chi connectivity index (χ2v) is 4.49. The maximum absolute atomic E-state index is 11.9. The van der Waals surface area contributed by atoms with E-state index in [0.29, 0.717) is 37.6 Å². The quantitative estimate of drug-likeness (QED) is 0.664. The highest BCUT2D eigenvalue weighted by atomic mass is 16.2. The van der Waals surface area contributed by atoms with Gasteiger partial charge in [-0.2, -0.15) is 0 Å². The molecular weight excluding hydrogens is 178 g/mol. The monoisotopic (exact) mass is 195 g/mol. The van der Waals surface area contributed by atoms with E-state index in [0.717, 1.165) is 0 Å². The molecule has 0 spiro atoms. The van der Waals surface area contributed by atoms with Crippen molar-refractivity contribution in [3.8, 4) is 0 Å². The molecule has 1 atom stereocenters. The summed E-state index contributed by atoms with van der Waals surface area (Å²) < 4.78 is 0. The van der Waals surface area contributed by atoms with Gasteiger partial charge in [0.05, 0.1) is 0 Å². The normalized spacial score (nSPS) is 24.9. The van der Waals surface area contributed by atoms with Crippen LogP contribution in [0.1, 0.15) is 32.6 Å². The van der Waals surface area contributed by atoms with Gasteiger partial charge in [-0.15, -0.1) is 0 Å². The van der Waals surface area contributed by atoms with Crippen molar-refractivity contribution in [2.45, 2.75) is 32.6 Å². The van der Waals surface area contributed by atoms with Gasteiger partial charge in [0.15, 0.2) is 0 Å². The maximum atomic E-state index is 11.9. The summed E-state index contributed by atoms with van der Waals surface area (Å²) in [5.74, 6) is 1.37. The average Bonchev–Trinajstić information content (AvgIpc) is 3.00. The zero-order valence-electron chi connectivity index (χ0n) is 8.66. The Balaban J connectivity index is 1.87. The van der Waals surface area contributed by atoms with E-state index in [-0.39, 0.29) is 11.8 Å². The molecule has 78 valence electrons. The standard InChI is InChI=1S/C11H17NO2/c1-8(9-2-3-9)11(14)12-6-4-10(13)5-7-12/h8-9H,2-7H2,1H3. The summed E-state index contributed by atoms with van der Waals surface area (Å²) in [7, 11) is 0. The summed E-state index contributed by atoms with van der Waals surface area (Å²) in [5, 5.41) is 0. The van der Waals surface area contributed by atoms with Crippen LogP contribution < -0.4 is 0 Å². The zero-order chi connectivity index (χ0) is 10.1. The predicted octanol–water partition coefficient (Wildman–Crippen LogP) is 1.22. The van der Waals surface area contributed by atoms with Gasteiger partial charge in [-0.3, -0.25) is 9.59 Å². The van der Waals surface area contributed by atoms with E-state index in [9.17, 15) is 9.59 Å². The minimum Gasteiger partial charge on any atom is -0.342 e. The molecule has 2 aliphatic rings. The van der Waals surface area contributed by atoms with Crippen LogP contribution in [-0.2, 0) is 9.59 Å². The van der Waals surface area contributed by atoms with Crippen LogP contribution in [0.15, 0.2) is 0 Å². The topological polar surface area (TPSA) is 37.4 Å². The van der Waals surface area contributed by atoms with Crippen LogP contribution in [0.3, 0.4) is 0 Å². The molecule has 0 bridgehead atoms. The third-order valence-corrected chi connectivity index (χ3v) is 3.35. The highest BCUT2D eigenvalue weighted by Gasteiger charge is 2.35. The summed E-state index contributed by atoms with van der Waals surface area (Å²) in [4.78, 5) is 24.8. The number of carbonyl (C=O) groups is 2. The Labute approximate surface area is 84.5 Å². The molecule has 14 heavy (non-hydrogen) atoms. The van der Waals surface area contributed by atoms with Crippen LogP contribution in [0, 0.1) is 11.8 Å². The van der Waals surface area contributed by atoms with Crippen molar-refractivity contribution >= 4 is 11.7 Å². The summed E-state index contributed by atoms with van der Waals surface area (Å²) in [6.07, 6.45) is 3.53. The first-order valence-corrected chi connectivity index (χ1v) is 5.49. The van der Waals surface area contributed by atoms with Gasteiger partial charge in [0, 0.05) is 31.8 Å². The van der Waals surface area contributed by atoms with Gasteiger partial charge >= 0.3 is 0 Å². The van der Waals surface area contributed by atoms with Crippen LogP contribution in [0.5, 0.6) is 0 Å². The van der Waals surface area contributed by atoms with E-state index in [1.807, 2.05) is 11.8 Å². The van der Waals surface area contributed by atoms with Gasteiger partial charge in [0.1, 0.15) is 5.78 Å². The fourth-order valence-electron chi connectivity index (χ4n) is 2.06. The minimum absolute atomic E-state index is 0.184. The van der Waals surface area contributed by atoms with Gasteiger partial charge in [0.2, 0.25) is 5.91 Å². The van der Waals surface area contributed by atoms with Crippen LogP contribution in [0.4, 0.5) is 0 Å². The number of carbonyl (C=O) groups excluding carboxylic acids is 2. The number of piperidine rings is 1. The molecule has 1 amide bonds. The van der Waals surface area contributed by atoms with E-state index in [4.69, 9.17) is 0 Å². The molecule has 1 aliphatic carbocycles. The molecular formula is C11H17NO2. The van der Waals surface area contributed by atoms with E-state index in [2.05, 4.69) is 0 Å². The summed E-state index contributed by atoms with van der Waals surface area (Å²) in [6.45, 7) is 3.32. The molecule has 3 nitrogen and oxygen atoms in total. The van der Waals surface area contributed by atoms with Crippen molar-refractivity contribution in [2.24, 2.45) is 11.8 Å². The van der Waals surface area contributed by atoms with Crippen LogP contribution in [0.25, 0.3) is 0 Å². The number of hydrogen-bond acceptors (Lipinski definition) is 2. The second-order valence-electron chi connectivity index (χ2n) is 4.49. The highest BCUT2D eigenvalue weighted by Crippen LogP contribution is 2.37. The molecule has 1 unspecified atom stereocenters. The molecule has 2 rings (SSSR count). The van der Waals surface area contributed by atoms with Gasteiger partial charge in [-0.1, -0.05) is 6.92 Å². The molecule has 2 fully saturated rings. The van der Waals surface area contributed by atoms with E-state index in [1.165, 1.54) is 12.8 Å². The lowest BCUT2D eigenvalue weighted by atomic mass is 10.0. The number of hydrogen-bond donors (Lipinski definition) is 0. The fourth-order valence-corrected chi connectivity index (χ4v) is 2.06. The Morgan fingerprint density at radius 1 is 1.36 bits per heavy atom. The SMILES string of the molecule is CC(C(=O)N1CCC(=O)CC1)C1CC1. The number of amides is 1. The van der Waals surface area contributed by atoms with E-state index >= 15 is 0 Å². The number of rotatable bonds is 2. The predicted molar refractivity (Wildman–Crippen MR) is 52.7 cm³/mol. The van der Waals surface area contributed by atoms with Gasteiger partial charge < -0.3 is 4.90 Å². The van der Waals surface area contributed by atoms with Crippen molar-refractivity contribution < 1.29 is 9.59 Å². The second kappa shape index (κ2) is 3.71. The largest absolute Gasteiger partial charge is 0.342 e. The molecule has 1 heterocycles. The molecule has 1 aliphatic heterocycles. The minimum atomic E-state index is 0.184. The number of nitrogens with zero attached hydrogens (tertiary/aromatic N) is 1. The van der Waals surface area contributed by atoms with Crippen molar-refractivity contribution in [3.63, 3.8) is 0 Å². The smallest absolute Gasteiger partial charge is 0.225 e. The van der Waals surface area contributed by atoms with E-state index < -0.39 is 0 Å². The Bertz CT molecular complexity index is 248. The first kappa shape index (κ1) is 9.69. The molecule has 0 aromatic rings. The van der Waals surface area contributed by atoms with Gasteiger partial charge in [0.25, 0.3) is 0 Å². The number of likely N-dealkylation sites (tertiary alicyclic amines) is 1. The highest BCUT2D eigenvalue weighted by molar-refractivity contribution is 5.84. The van der Waals surface area contributed by atoms with Crippen molar-refractivity contribution in [3.05, 3.63) is 0 Å². The van der Waals surface area contributed by atoms with Crippen LogP contribution in [0.2, 0.25) is 0 Å². The molecule has 0 N–H and O–H groups in total. The van der Waals surface area contributed by atoms with Gasteiger partial charge in [-0.25, -0.2) is 0 Å².